The molecule has 16 heavy (non-hydrogen) atoms. The Morgan fingerprint density at radius 3 is 3.06 bits per heavy atom. The van der Waals surface area contributed by atoms with Gasteiger partial charge in [-0.3, -0.25) is 4.79 Å². The van der Waals surface area contributed by atoms with Crippen molar-refractivity contribution in [3.63, 3.8) is 0 Å². The van der Waals surface area contributed by atoms with E-state index in [-0.39, 0.29) is 17.4 Å². The van der Waals surface area contributed by atoms with Crippen LogP contribution in [0.1, 0.15) is 16.8 Å². The first-order valence-corrected chi connectivity index (χ1v) is 5.04. The van der Waals surface area contributed by atoms with Gasteiger partial charge >= 0.3 is 0 Å². The van der Waals surface area contributed by atoms with Gasteiger partial charge in [-0.05, 0) is 24.6 Å². The van der Waals surface area contributed by atoms with Crippen LogP contribution in [0.4, 0.5) is 4.39 Å². The molecule has 0 bridgehead atoms. The molecule has 5 heteroatoms. The van der Waals surface area contributed by atoms with E-state index in [9.17, 15) is 14.3 Å². The minimum atomic E-state index is -0.550. The highest BCUT2D eigenvalue weighted by molar-refractivity contribution is 5.97. The summed E-state index contributed by atoms with van der Waals surface area (Å²) < 4.78 is 18.0. The standard InChI is InChI=1S/C11H12FNO3/c12-7-1-2-10(14)9(5-7)11(15)13-8-3-4-16-6-8/h1-2,5,8,14H,3-4,6H2,(H,13,15). The van der Waals surface area contributed by atoms with Crippen molar-refractivity contribution in [1.29, 1.82) is 0 Å². The molecule has 1 amide bonds. The van der Waals surface area contributed by atoms with Gasteiger partial charge in [0.25, 0.3) is 5.91 Å². The molecule has 1 heterocycles. The van der Waals surface area contributed by atoms with E-state index in [2.05, 4.69) is 5.32 Å². The molecular weight excluding hydrogens is 213 g/mol. The van der Waals surface area contributed by atoms with Crippen molar-refractivity contribution in [2.24, 2.45) is 0 Å². The zero-order chi connectivity index (χ0) is 11.5. The highest BCUT2D eigenvalue weighted by Crippen LogP contribution is 2.18. The van der Waals surface area contributed by atoms with Crippen molar-refractivity contribution >= 4 is 5.91 Å². The summed E-state index contributed by atoms with van der Waals surface area (Å²) in [7, 11) is 0. The maximum Gasteiger partial charge on any atom is 0.255 e. The Hall–Kier alpha value is -1.62. The zero-order valence-electron chi connectivity index (χ0n) is 8.57. The van der Waals surface area contributed by atoms with E-state index < -0.39 is 11.7 Å². The largest absolute Gasteiger partial charge is 0.507 e. The first kappa shape index (κ1) is 10.9. The number of rotatable bonds is 2. The van der Waals surface area contributed by atoms with Crippen molar-refractivity contribution in [2.75, 3.05) is 13.2 Å². The quantitative estimate of drug-likeness (QED) is 0.791. The second-order valence-corrected chi connectivity index (χ2v) is 3.70. The van der Waals surface area contributed by atoms with E-state index in [1.54, 1.807) is 0 Å². The number of benzene rings is 1. The molecule has 1 saturated heterocycles. The lowest BCUT2D eigenvalue weighted by Gasteiger charge is -2.11. The van der Waals surface area contributed by atoms with Gasteiger partial charge < -0.3 is 15.2 Å². The minimum Gasteiger partial charge on any atom is -0.507 e. The average Bonchev–Trinajstić information content (AvgIpc) is 2.74. The zero-order valence-corrected chi connectivity index (χ0v) is 8.57. The van der Waals surface area contributed by atoms with Gasteiger partial charge in [-0.25, -0.2) is 4.39 Å². The molecule has 1 aliphatic heterocycles. The van der Waals surface area contributed by atoms with Gasteiger partial charge in [0.1, 0.15) is 11.6 Å². The molecule has 0 spiro atoms. The van der Waals surface area contributed by atoms with Crippen molar-refractivity contribution in [2.45, 2.75) is 12.5 Å². The van der Waals surface area contributed by atoms with Crippen LogP contribution >= 0.6 is 0 Å². The van der Waals surface area contributed by atoms with Crippen LogP contribution < -0.4 is 5.32 Å². The van der Waals surface area contributed by atoms with Gasteiger partial charge in [-0.2, -0.15) is 0 Å². The summed E-state index contributed by atoms with van der Waals surface area (Å²) >= 11 is 0. The Kier molecular flexibility index (Phi) is 3.05. The third-order valence-electron chi connectivity index (χ3n) is 2.47. The van der Waals surface area contributed by atoms with E-state index in [1.165, 1.54) is 0 Å². The number of halogens is 1. The Balaban J connectivity index is 2.10. The SMILES string of the molecule is O=C(NC1CCOC1)c1cc(F)ccc1O. The van der Waals surface area contributed by atoms with Gasteiger partial charge in [0.15, 0.2) is 0 Å². The molecule has 1 aliphatic rings. The number of ether oxygens (including phenoxy) is 1. The Labute approximate surface area is 92.0 Å². The van der Waals surface area contributed by atoms with E-state index in [1.807, 2.05) is 0 Å². The fraction of sp³-hybridized carbons (Fsp3) is 0.364. The monoisotopic (exact) mass is 225 g/mol. The number of aromatic hydroxyl groups is 1. The molecule has 1 aromatic rings. The van der Waals surface area contributed by atoms with Gasteiger partial charge in [0.2, 0.25) is 0 Å². The van der Waals surface area contributed by atoms with Crippen LogP contribution in [-0.4, -0.2) is 30.3 Å². The highest BCUT2D eigenvalue weighted by Gasteiger charge is 2.20. The smallest absolute Gasteiger partial charge is 0.255 e. The van der Waals surface area contributed by atoms with Crippen LogP contribution in [0.5, 0.6) is 5.75 Å². The molecule has 0 saturated carbocycles. The van der Waals surface area contributed by atoms with Crippen molar-refractivity contribution in [3.8, 4) is 5.75 Å². The Bertz CT molecular complexity index is 402. The maximum absolute atomic E-state index is 12.9. The van der Waals surface area contributed by atoms with Crippen molar-refractivity contribution in [1.82, 2.24) is 5.32 Å². The van der Waals surface area contributed by atoms with E-state index in [0.29, 0.717) is 13.2 Å². The van der Waals surface area contributed by atoms with Gasteiger partial charge in [0.05, 0.1) is 18.2 Å². The average molecular weight is 225 g/mol. The summed E-state index contributed by atoms with van der Waals surface area (Å²) in [6.45, 7) is 1.07. The third kappa shape index (κ3) is 2.30. The van der Waals surface area contributed by atoms with Crippen LogP contribution in [-0.2, 0) is 4.74 Å². The molecule has 1 aromatic carbocycles. The number of phenolic OH excluding ortho intramolecular Hbond substituents is 1. The maximum atomic E-state index is 12.9. The van der Waals surface area contributed by atoms with Gasteiger partial charge in [-0.1, -0.05) is 0 Å². The Morgan fingerprint density at radius 1 is 1.56 bits per heavy atom. The summed E-state index contributed by atoms with van der Waals surface area (Å²) in [5.41, 5.74) is -0.0492. The molecule has 0 aliphatic carbocycles. The number of phenols is 1. The van der Waals surface area contributed by atoms with Crippen LogP contribution in [0.15, 0.2) is 18.2 Å². The summed E-state index contributed by atoms with van der Waals surface area (Å²) in [5, 5.41) is 12.1. The lowest BCUT2D eigenvalue weighted by molar-refractivity contribution is 0.0926. The molecule has 2 N–H and O–H groups in total. The normalized spacial score (nSPS) is 19.7. The molecule has 1 atom stereocenters. The highest BCUT2D eigenvalue weighted by atomic mass is 19.1. The number of hydrogen-bond acceptors (Lipinski definition) is 3. The van der Waals surface area contributed by atoms with Gasteiger partial charge in [0, 0.05) is 6.61 Å². The van der Waals surface area contributed by atoms with E-state index in [0.717, 1.165) is 24.6 Å². The number of carbonyl (C=O) groups excluding carboxylic acids is 1. The number of nitrogens with one attached hydrogen (secondary N) is 1. The second-order valence-electron chi connectivity index (χ2n) is 3.70. The molecule has 4 nitrogen and oxygen atoms in total. The molecule has 1 fully saturated rings. The number of hydrogen-bond donors (Lipinski definition) is 2. The topological polar surface area (TPSA) is 58.6 Å². The predicted octanol–water partition coefficient (Wildman–Crippen LogP) is 1.05. The summed E-state index contributed by atoms with van der Waals surface area (Å²) in [5.74, 6) is -1.25. The van der Waals surface area contributed by atoms with Crippen molar-refractivity contribution in [3.05, 3.63) is 29.6 Å². The molecule has 86 valence electrons. The summed E-state index contributed by atoms with van der Waals surface area (Å²) in [4.78, 5) is 11.7. The molecule has 1 unspecified atom stereocenters. The fourth-order valence-corrected chi connectivity index (χ4v) is 1.60. The lowest BCUT2D eigenvalue weighted by atomic mass is 10.1. The minimum absolute atomic E-state index is 0.0492. The van der Waals surface area contributed by atoms with Crippen LogP contribution in [0, 0.1) is 5.82 Å². The van der Waals surface area contributed by atoms with Crippen molar-refractivity contribution < 1.29 is 19.0 Å². The van der Waals surface area contributed by atoms with E-state index in [4.69, 9.17) is 4.74 Å². The summed E-state index contributed by atoms with van der Waals surface area (Å²) in [6.07, 6.45) is 0.738. The van der Waals surface area contributed by atoms with E-state index >= 15 is 0 Å². The van der Waals surface area contributed by atoms with Crippen LogP contribution in [0.3, 0.4) is 0 Å². The predicted molar refractivity (Wildman–Crippen MR) is 54.8 cm³/mol. The summed E-state index contributed by atoms with van der Waals surface area (Å²) in [6, 6.07) is 3.22. The molecular formula is C11H12FNO3. The first-order chi connectivity index (χ1) is 7.66. The third-order valence-corrected chi connectivity index (χ3v) is 2.47. The lowest BCUT2D eigenvalue weighted by Crippen LogP contribution is -2.35. The second kappa shape index (κ2) is 4.49. The Morgan fingerprint density at radius 2 is 2.38 bits per heavy atom. The van der Waals surface area contributed by atoms with Crippen LogP contribution in [0.2, 0.25) is 0 Å². The van der Waals surface area contributed by atoms with Gasteiger partial charge in [-0.15, -0.1) is 0 Å². The number of carbonyl (C=O) groups is 1. The first-order valence-electron chi connectivity index (χ1n) is 5.04. The number of amides is 1. The van der Waals surface area contributed by atoms with Crippen LogP contribution in [0.25, 0.3) is 0 Å². The fourth-order valence-electron chi connectivity index (χ4n) is 1.60. The molecule has 0 radical (unpaired) electrons. The molecule has 0 aromatic heterocycles. The molecule has 2 rings (SSSR count).